The third-order valence-electron chi connectivity index (χ3n) is 3.98. The molecule has 1 aromatic carbocycles. The lowest BCUT2D eigenvalue weighted by Crippen LogP contribution is -2.54. The van der Waals surface area contributed by atoms with Gasteiger partial charge in [0.2, 0.25) is 5.91 Å². The molecule has 0 spiro atoms. The Hall–Kier alpha value is -1.47. The van der Waals surface area contributed by atoms with Crippen LogP contribution in [0.1, 0.15) is 37.7 Å². The van der Waals surface area contributed by atoms with Crippen LogP contribution in [0.5, 0.6) is 5.75 Å². The van der Waals surface area contributed by atoms with Crippen molar-refractivity contribution in [2.75, 3.05) is 6.61 Å². The van der Waals surface area contributed by atoms with Gasteiger partial charge in [0, 0.05) is 6.54 Å². The lowest BCUT2D eigenvalue weighted by Gasteiger charge is -2.31. The van der Waals surface area contributed by atoms with E-state index in [2.05, 4.69) is 10.1 Å². The molecule has 24 heavy (non-hydrogen) atoms. The van der Waals surface area contributed by atoms with Crippen molar-refractivity contribution in [3.05, 3.63) is 29.8 Å². The van der Waals surface area contributed by atoms with Crippen LogP contribution < -0.4 is 15.8 Å². The standard InChI is InChI=1S/C16H21F3N2O2.ClH/c17-16(18,19)11-23-13-6-4-12(5-7-13)10-21-14(22)15(20)8-2-1-3-9-15;/h4-7H,1-3,8-11,20H2,(H,21,22);1H. The molecule has 0 unspecified atom stereocenters. The number of hydrogen-bond donors (Lipinski definition) is 2. The van der Waals surface area contributed by atoms with Crippen LogP contribution in [0.4, 0.5) is 13.2 Å². The van der Waals surface area contributed by atoms with Crippen LogP contribution in [-0.4, -0.2) is 24.2 Å². The summed E-state index contributed by atoms with van der Waals surface area (Å²) in [6.07, 6.45) is 0.0180. The van der Waals surface area contributed by atoms with Crippen molar-refractivity contribution in [2.24, 2.45) is 5.73 Å². The van der Waals surface area contributed by atoms with E-state index in [0.717, 1.165) is 24.8 Å². The molecule has 0 bridgehead atoms. The Morgan fingerprint density at radius 1 is 1.17 bits per heavy atom. The van der Waals surface area contributed by atoms with Gasteiger partial charge in [-0.3, -0.25) is 4.79 Å². The Morgan fingerprint density at radius 3 is 2.29 bits per heavy atom. The summed E-state index contributed by atoms with van der Waals surface area (Å²) in [7, 11) is 0. The lowest BCUT2D eigenvalue weighted by atomic mass is 9.82. The van der Waals surface area contributed by atoms with E-state index < -0.39 is 18.3 Å². The van der Waals surface area contributed by atoms with Gasteiger partial charge in [-0.15, -0.1) is 12.4 Å². The lowest BCUT2D eigenvalue weighted by molar-refractivity contribution is -0.153. The molecule has 136 valence electrons. The number of nitrogens with one attached hydrogen (secondary N) is 1. The monoisotopic (exact) mass is 366 g/mol. The van der Waals surface area contributed by atoms with Gasteiger partial charge in [-0.25, -0.2) is 0 Å². The molecule has 1 saturated carbocycles. The fourth-order valence-corrected chi connectivity index (χ4v) is 2.64. The summed E-state index contributed by atoms with van der Waals surface area (Å²) in [5, 5.41) is 2.80. The number of nitrogens with two attached hydrogens (primary N) is 1. The van der Waals surface area contributed by atoms with E-state index in [1.807, 2.05) is 0 Å². The molecule has 4 nitrogen and oxygen atoms in total. The Labute approximate surface area is 145 Å². The van der Waals surface area contributed by atoms with Gasteiger partial charge < -0.3 is 15.8 Å². The maximum Gasteiger partial charge on any atom is 0.422 e. The first-order chi connectivity index (χ1) is 10.8. The van der Waals surface area contributed by atoms with Crippen molar-refractivity contribution in [1.82, 2.24) is 5.32 Å². The van der Waals surface area contributed by atoms with Crippen LogP contribution in [0.25, 0.3) is 0 Å². The average molecular weight is 367 g/mol. The fraction of sp³-hybridized carbons (Fsp3) is 0.562. The molecule has 1 aliphatic carbocycles. The molecule has 1 amide bonds. The number of halogens is 4. The van der Waals surface area contributed by atoms with Crippen molar-refractivity contribution in [1.29, 1.82) is 0 Å². The summed E-state index contributed by atoms with van der Waals surface area (Å²) < 4.78 is 40.8. The summed E-state index contributed by atoms with van der Waals surface area (Å²) in [6.45, 7) is -1.03. The molecule has 8 heteroatoms. The van der Waals surface area contributed by atoms with E-state index >= 15 is 0 Å². The van der Waals surface area contributed by atoms with Crippen molar-refractivity contribution >= 4 is 18.3 Å². The highest BCUT2D eigenvalue weighted by Crippen LogP contribution is 2.26. The number of alkyl halides is 3. The number of rotatable bonds is 5. The van der Waals surface area contributed by atoms with Crippen LogP contribution >= 0.6 is 12.4 Å². The molecule has 0 aliphatic heterocycles. The van der Waals surface area contributed by atoms with Crippen LogP contribution in [0, 0.1) is 0 Å². The molecule has 1 aromatic rings. The van der Waals surface area contributed by atoms with Gasteiger partial charge in [0.1, 0.15) is 5.75 Å². The van der Waals surface area contributed by atoms with Gasteiger partial charge in [-0.2, -0.15) is 13.2 Å². The first-order valence-corrected chi connectivity index (χ1v) is 7.64. The maximum absolute atomic E-state index is 12.2. The van der Waals surface area contributed by atoms with Gasteiger partial charge in [-0.05, 0) is 30.5 Å². The second-order valence-electron chi connectivity index (χ2n) is 5.95. The van der Waals surface area contributed by atoms with Gasteiger partial charge in [0.05, 0.1) is 5.54 Å². The number of amides is 1. The summed E-state index contributed by atoms with van der Waals surface area (Å²) in [5.41, 5.74) is 6.11. The van der Waals surface area contributed by atoms with E-state index in [9.17, 15) is 18.0 Å². The third kappa shape index (κ3) is 6.20. The van der Waals surface area contributed by atoms with Crippen molar-refractivity contribution < 1.29 is 22.7 Å². The highest BCUT2D eigenvalue weighted by atomic mass is 35.5. The van der Waals surface area contributed by atoms with Crippen LogP contribution in [-0.2, 0) is 11.3 Å². The van der Waals surface area contributed by atoms with Gasteiger partial charge in [0.25, 0.3) is 0 Å². The molecular formula is C16H22ClF3N2O2. The van der Waals surface area contributed by atoms with E-state index in [0.29, 0.717) is 12.8 Å². The van der Waals surface area contributed by atoms with Crippen molar-refractivity contribution in [3.63, 3.8) is 0 Å². The number of benzene rings is 1. The molecule has 0 saturated heterocycles. The predicted octanol–water partition coefficient (Wildman–Crippen LogP) is 3.33. The SMILES string of the molecule is Cl.NC1(C(=O)NCc2ccc(OCC(F)(F)F)cc2)CCCCC1. The number of carbonyl (C=O) groups excluding carboxylic acids is 1. The number of ether oxygens (including phenoxy) is 1. The summed E-state index contributed by atoms with van der Waals surface area (Å²) >= 11 is 0. The van der Waals surface area contributed by atoms with Crippen LogP contribution in [0.2, 0.25) is 0 Å². The summed E-state index contributed by atoms with van der Waals surface area (Å²) in [5.74, 6) is -0.0328. The van der Waals surface area contributed by atoms with E-state index in [1.165, 1.54) is 12.1 Å². The molecular weight excluding hydrogens is 345 g/mol. The number of hydrogen-bond acceptors (Lipinski definition) is 3. The van der Waals surface area contributed by atoms with E-state index in [1.54, 1.807) is 12.1 Å². The zero-order valence-corrected chi connectivity index (χ0v) is 14.0. The Kier molecular flexibility index (Phi) is 7.35. The zero-order valence-electron chi connectivity index (χ0n) is 13.2. The maximum atomic E-state index is 12.2. The first kappa shape index (κ1) is 20.6. The highest BCUT2D eigenvalue weighted by Gasteiger charge is 2.34. The first-order valence-electron chi connectivity index (χ1n) is 7.64. The normalized spacial score (nSPS) is 16.8. The topological polar surface area (TPSA) is 64.4 Å². The summed E-state index contributed by atoms with van der Waals surface area (Å²) in [4.78, 5) is 12.2. The number of carbonyl (C=O) groups is 1. The minimum atomic E-state index is -4.36. The highest BCUT2D eigenvalue weighted by molar-refractivity contribution is 5.86. The van der Waals surface area contributed by atoms with Gasteiger partial charge >= 0.3 is 6.18 Å². The van der Waals surface area contributed by atoms with Crippen molar-refractivity contribution in [3.8, 4) is 5.75 Å². The Morgan fingerprint density at radius 2 is 1.75 bits per heavy atom. The minimum absolute atomic E-state index is 0. The average Bonchev–Trinajstić information content (AvgIpc) is 2.51. The Bertz CT molecular complexity index is 529. The molecule has 0 heterocycles. The largest absolute Gasteiger partial charge is 0.484 e. The predicted molar refractivity (Wildman–Crippen MR) is 87.1 cm³/mol. The van der Waals surface area contributed by atoms with E-state index in [4.69, 9.17) is 5.73 Å². The minimum Gasteiger partial charge on any atom is -0.484 e. The smallest absolute Gasteiger partial charge is 0.422 e. The molecule has 1 fully saturated rings. The van der Waals surface area contributed by atoms with Crippen LogP contribution in [0.15, 0.2) is 24.3 Å². The molecule has 3 N–H and O–H groups in total. The van der Waals surface area contributed by atoms with E-state index in [-0.39, 0.29) is 30.6 Å². The van der Waals surface area contributed by atoms with Crippen LogP contribution in [0.3, 0.4) is 0 Å². The fourth-order valence-electron chi connectivity index (χ4n) is 2.64. The quantitative estimate of drug-likeness (QED) is 0.840. The van der Waals surface area contributed by atoms with Gasteiger partial charge in [-0.1, -0.05) is 31.4 Å². The molecule has 1 aliphatic rings. The second kappa shape index (κ2) is 8.58. The molecule has 0 aromatic heterocycles. The summed E-state index contributed by atoms with van der Waals surface area (Å²) in [6, 6.07) is 6.14. The molecule has 2 rings (SSSR count). The third-order valence-corrected chi connectivity index (χ3v) is 3.98. The second-order valence-corrected chi connectivity index (χ2v) is 5.95. The van der Waals surface area contributed by atoms with Crippen molar-refractivity contribution in [2.45, 2.75) is 50.4 Å². The zero-order chi connectivity index (χ0) is 16.9. The Balaban J connectivity index is 0.00000288. The van der Waals surface area contributed by atoms with Gasteiger partial charge in [0.15, 0.2) is 6.61 Å². The molecule has 0 radical (unpaired) electrons. The molecule has 0 atom stereocenters.